The van der Waals surface area contributed by atoms with Crippen molar-refractivity contribution >= 4 is 32.4 Å². The molecule has 1 aliphatic heterocycles. The molecule has 4 rings (SSSR count). The van der Waals surface area contributed by atoms with Crippen LogP contribution >= 0.6 is 11.3 Å². The van der Waals surface area contributed by atoms with Crippen molar-refractivity contribution in [3.05, 3.63) is 52.5 Å². The van der Waals surface area contributed by atoms with Gasteiger partial charge < -0.3 is 9.73 Å². The van der Waals surface area contributed by atoms with Crippen LogP contribution in [0.3, 0.4) is 0 Å². The van der Waals surface area contributed by atoms with Crippen LogP contribution in [0.1, 0.15) is 31.1 Å². The summed E-state index contributed by atoms with van der Waals surface area (Å²) in [7, 11) is 0. The van der Waals surface area contributed by atoms with Crippen LogP contribution in [0, 0.1) is 10.1 Å². The average molecular weight is 372 g/mol. The number of anilines is 1. The molecule has 1 saturated heterocycles. The zero-order valence-electron chi connectivity index (χ0n) is 14.3. The van der Waals surface area contributed by atoms with Crippen molar-refractivity contribution < 1.29 is 9.34 Å². The van der Waals surface area contributed by atoms with E-state index in [1.54, 1.807) is 18.4 Å². The molecule has 3 aromatic rings. The van der Waals surface area contributed by atoms with Gasteiger partial charge in [0.2, 0.25) is 0 Å². The summed E-state index contributed by atoms with van der Waals surface area (Å²) in [5, 5.41) is 15.1. The van der Waals surface area contributed by atoms with Gasteiger partial charge in [-0.05, 0) is 44.1 Å². The van der Waals surface area contributed by atoms with E-state index in [0.29, 0.717) is 6.54 Å². The number of nitrogens with zero attached hydrogens (tertiary/aromatic N) is 3. The summed E-state index contributed by atoms with van der Waals surface area (Å²) in [6.07, 6.45) is 5.42. The fourth-order valence-electron chi connectivity index (χ4n) is 3.41. The van der Waals surface area contributed by atoms with E-state index in [1.165, 1.54) is 36.7 Å². The summed E-state index contributed by atoms with van der Waals surface area (Å²) >= 11 is 1.44. The van der Waals surface area contributed by atoms with Gasteiger partial charge in [-0.25, -0.2) is 4.98 Å². The Balaban J connectivity index is 1.51. The van der Waals surface area contributed by atoms with Gasteiger partial charge in [-0.1, -0.05) is 17.8 Å². The number of nitrogens with one attached hydrogen (secondary N) is 1. The van der Waals surface area contributed by atoms with E-state index < -0.39 is 0 Å². The number of hydrogen-bond acceptors (Lipinski definition) is 7. The number of furan rings is 1. The molecule has 0 aliphatic carbocycles. The highest BCUT2D eigenvalue weighted by molar-refractivity contribution is 7.22. The number of hydrogen-bond donors (Lipinski definition) is 1. The second kappa shape index (κ2) is 7.43. The summed E-state index contributed by atoms with van der Waals surface area (Å²) in [4.78, 5) is 17.6. The van der Waals surface area contributed by atoms with Crippen molar-refractivity contribution in [1.82, 2.24) is 9.88 Å². The van der Waals surface area contributed by atoms with Crippen LogP contribution in [-0.4, -0.2) is 34.4 Å². The maximum Gasteiger partial charge on any atom is 0.270 e. The Bertz CT molecular complexity index is 887. The molecule has 1 atom stereocenters. The molecule has 0 spiro atoms. The number of piperidine rings is 1. The van der Waals surface area contributed by atoms with Crippen LogP contribution < -0.4 is 5.32 Å². The molecule has 1 aromatic carbocycles. The number of fused-ring (bicyclic) bond motifs is 1. The lowest BCUT2D eigenvalue weighted by Crippen LogP contribution is -2.37. The van der Waals surface area contributed by atoms with Crippen LogP contribution in [0.15, 0.2) is 41.0 Å². The predicted octanol–water partition coefficient (Wildman–Crippen LogP) is 4.44. The van der Waals surface area contributed by atoms with Gasteiger partial charge in [0.15, 0.2) is 5.13 Å². The van der Waals surface area contributed by atoms with Crippen molar-refractivity contribution in [2.75, 3.05) is 25.0 Å². The number of benzene rings is 1. The second-order valence-corrected chi connectivity index (χ2v) is 7.47. The Hall–Kier alpha value is -2.45. The zero-order valence-corrected chi connectivity index (χ0v) is 15.1. The number of thiazole rings is 1. The van der Waals surface area contributed by atoms with Crippen molar-refractivity contribution in [2.24, 2.45) is 0 Å². The van der Waals surface area contributed by atoms with E-state index in [9.17, 15) is 10.1 Å². The maximum atomic E-state index is 10.9. The summed E-state index contributed by atoms with van der Waals surface area (Å²) < 4.78 is 6.48. The minimum atomic E-state index is -0.379. The molecule has 0 amide bonds. The fraction of sp³-hybridized carbons (Fsp3) is 0.389. The number of non-ortho nitro benzene ring substituents is 1. The van der Waals surface area contributed by atoms with Crippen molar-refractivity contribution in [3.63, 3.8) is 0 Å². The molecule has 1 aliphatic rings. The van der Waals surface area contributed by atoms with Gasteiger partial charge in [-0.15, -0.1) is 0 Å². The molecule has 3 heterocycles. The third-order valence-corrected chi connectivity index (χ3v) is 5.71. The Labute approximate surface area is 154 Å². The highest BCUT2D eigenvalue weighted by Crippen LogP contribution is 2.31. The third-order valence-electron chi connectivity index (χ3n) is 4.73. The van der Waals surface area contributed by atoms with E-state index in [0.717, 1.165) is 34.2 Å². The van der Waals surface area contributed by atoms with Crippen molar-refractivity contribution in [3.8, 4) is 0 Å². The van der Waals surface area contributed by atoms with E-state index in [2.05, 4.69) is 15.2 Å². The number of rotatable bonds is 6. The average Bonchev–Trinajstić information content (AvgIpc) is 3.31. The third kappa shape index (κ3) is 3.56. The lowest BCUT2D eigenvalue weighted by atomic mass is 10.1. The molecular formula is C18H20N4O3S. The van der Waals surface area contributed by atoms with Crippen LogP contribution in [0.5, 0.6) is 0 Å². The molecule has 1 N–H and O–H groups in total. The van der Waals surface area contributed by atoms with E-state index in [1.807, 2.05) is 12.1 Å². The highest BCUT2D eigenvalue weighted by Gasteiger charge is 2.24. The summed E-state index contributed by atoms with van der Waals surface area (Å²) in [5.41, 5.74) is 0.866. The van der Waals surface area contributed by atoms with Gasteiger partial charge in [0.05, 0.1) is 27.4 Å². The standard InChI is InChI=1S/C18H20N4O3S/c23-22(24)13-6-7-14-17(11-13)26-18(20-14)19-12-15(16-5-4-10-25-16)21-8-2-1-3-9-21/h4-7,10-11,15H,1-3,8-9,12H2,(H,19,20). The highest BCUT2D eigenvalue weighted by atomic mass is 32.1. The van der Waals surface area contributed by atoms with Crippen molar-refractivity contribution in [2.45, 2.75) is 25.3 Å². The largest absolute Gasteiger partial charge is 0.468 e. The van der Waals surface area contributed by atoms with Crippen LogP contribution in [-0.2, 0) is 0 Å². The molecule has 8 heteroatoms. The summed E-state index contributed by atoms with van der Waals surface area (Å²) in [6, 6.07) is 8.86. The molecule has 136 valence electrons. The molecule has 2 aromatic heterocycles. The first-order valence-electron chi connectivity index (χ1n) is 8.77. The quantitative estimate of drug-likeness (QED) is 0.509. The molecule has 26 heavy (non-hydrogen) atoms. The normalized spacial score (nSPS) is 16.6. The SMILES string of the molecule is O=[N+]([O-])c1ccc2nc(NCC(c3ccco3)N3CCCCC3)sc2c1. The van der Waals surface area contributed by atoms with Crippen molar-refractivity contribution in [1.29, 1.82) is 0 Å². The van der Waals surface area contributed by atoms with Gasteiger partial charge >= 0.3 is 0 Å². The van der Waals surface area contributed by atoms with Gasteiger partial charge in [0, 0.05) is 18.7 Å². The summed E-state index contributed by atoms with van der Waals surface area (Å²) in [5.74, 6) is 0.955. The molecule has 0 saturated carbocycles. The van der Waals surface area contributed by atoms with E-state index >= 15 is 0 Å². The first-order chi connectivity index (χ1) is 12.7. The van der Waals surface area contributed by atoms with Crippen LogP contribution in [0.2, 0.25) is 0 Å². The van der Waals surface area contributed by atoms with Gasteiger partial charge in [0.25, 0.3) is 5.69 Å². The topological polar surface area (TPSA) is 84.4 Å². The predicted molar refractivity (Wildman–Crippen MR) is 102 cm³/mol. The molecular weight excluding hydrogens is 352 g/mol. The molecule has 0 radical (unpaired) electrons. The number of aromatic nitrogens is 1. The van der Waals surface area contributed by atoms with Gasteiger partial charge in [-0.2, -0.15) is 0 Å². The smallest absolute Gasteiger partial charge is 0.270 e. The van der Waals surface area contributed by atoms with Gasteiger partial charge in [-0.3, -0.25) is 15.0 Å². The Morgan fingerprint density at radius 2 is 2.15 bits per heavy atom. The monoisotopic (exact) mass is 372 g/mol. The second-order valence-electron chi connectivity index (χ2n) is 6.44. The van der Waals surface area contributed by atoms with Crippen LogP contribution in [0.4, 0.5) is 10.8 Å². The first-order valence-corrected chi connectivity index (χ1v) is 9.59. The molecule has 1 fully saturated rings. The molecule has 7 nitrogen and oxygen atoms in total. The Morgan fingerprint density at radius 3 is 2.88 bits per heavy atom. The van der Waals surface area contributed by atoms with E-state index in [4.69, 9.17) is 4.42 Å². The fourth-order valence-corrected chi connectivity index (χ4v) is 4.31. The number of nitro groups is 1. The molecule has 1 unspecified atom stereocenters. The maximum absolute atomic E-state index is 10.9. The zero-order chi connectivity index (χ0) is 17.9. The Kier molecular flexibility index (Phi) is 4.85. The van der Waals surface area contributed by atoms with Crippen LogP contribution in [0.25, 0.3) is 10.2 Å². The first kappa shape index (κ1) is 17.0. The lowest BCUT2D eigenvalue weighted by molar-refractivity contribution is -0.384. The summed E-state index contributed by atoms with van der Waals surface area (Å²) in [6.45, 7) is 2.83. The Morgan fingerprint density at radius 1 is 1.31 bits per heavy atom. The minimum Gasteiger partial charge on any atom is -0.468 e. The number of nitro benzene ring substituents is 1. The number of likely N-dealkylation sites (tertiary alicyclic amines) is 1. The van der Waals surface area contributed by atoms with Gasteiger partial charge in [0.1, 0.15) is 5.76 Å². The minimum absolute atomic E-state index is 0.0921. The lowest BCUT2D eigenvalue weighted by Gasteiger charge is -2.33. The molecule has 0 bridgehead atoms. The van der Waals surface area contributed by atoms with E-state index in [-0.39, 0.29) is 16.7 Å².